The van der Waals surface area contributed by atoms with E-state index < -0.39 is 16.6 Å². The van der Waals surface area contributed by atoms with Gasteiger partial charge in [0.2, 0.25) is 10.0 Å². The van der Waals surface area contributed by atoms with Gasteiger partial charge in [-0.05, 0) is 68.9 Å². The molecule has 230 valence electrons. The summed E-state index contributed by atoms with van der Waals surface area (Å²) in [7, 11) is -0.879. The fraction of sp³-hybridized carbons (Fsp3) is 0.483. The van der Waals surface area contributed by atoms with Crippen molar-refractivity contribution < 1.29 is 26.7 Å². The summed E-state index contributed by atoms with van der Waals surface area (Å²) in [6, 6.07) is 8.22. The van der Waals surface area contributed by atoms with Crippen molar-refractivity contribution in [3.05, 3.63) is 35.9 Å². The molecule has 0 bridgehead atoms. The number of fused-ring (bicyclic) bond motifs is 2. The van der Waals surface area contributed by atoms with Gasteiger partial charge in [-0.2, -0.15) is 13.1 Å². The molecule has 2 N–H and O–H groups in total. The molecule has 4 heterocycles. The van der Waals surface area contributed by atoms with Crippen molar-refractivity contribution in [2.75, 3.05) is 24.2 Å². The summed E-state index contributed by atoms with van der Waals surface area (Å²) in [5.74, 6) is 0.951. The van der Waals surface area contributed by atoms with Crippen LogP contribution in [0.25, 0.3) is 33.6 Å². The molecule has 0 radical (unpaired) electrons. The van der Waals surface area contributed by atoms with Crippen LogP contribution in [0.2, 0.25) is 0 Å². The molecule has 6 rings (SSSR count). The number of methoxy groups -OCH3 is 1. The second-order valence-electron chi connectivity index (χ2n) is 11.7. The Morgan fingerprint density at radius 2 is 1.91 bits per heavy atom. The number of imidazole rings is 1. The SMILES string of the molecule is COc1cc(C(=O)N2C[C@H](N)CC[C@@H]2C)cc2nc(-c3cc4ccc(N(C(F)F)S(C)(=O)=O)nc4n3CC3CC3)n(C)c12. The number of likely N-dealkylation sites (tertiary alicyclic amines) is 1. The molecule has 1 aromatic carbocycles. The largest absolute Gasteiger partial charge is 0.494 e. The van der Waals surface area contributed by atoms with Crippen molar-refractivity contribution >= 4 is 43.8 Å². The lowest BCUT2D eigenvalue weighted by Gasteiger charge is -2.36. The second-order valence-corrected chi connectivity index (χ2v) is 13.5. The van der Waals surface area contributed by atoms with E-state index in [1.54, 1.807) is 30.2 Å². The van der Waals surface area contributed by atoms with E-state index in [-0.39, 0.29) is 28.1 Å². The first-order valence-corrected chi connectivity index (χ1v) is 16.1. The van der Waals surface area contributed by atoms with E-state index in [1.807, 2.05) is 29.2 Å². The zero-order valence-corrected chi connectivity index (χ0v) is 25.3. The Kier molecular flexibility index (Phi) is 7.32. The number of piperidine rings is 1. The quantitative estimate of drug-likeness (QED) is 0.297. The molecule has 4 aromatic rings. The van der Waals surface area contributed by atoms with Gasteiger partial charge in [0.1, 0.15) is 22.7 Å². The highest BCUT2D eigenvalue weighted by atomic mass is 32.2. The Morgan fingerprint density at radius 1 is 1.16 bits per heavy atom. The zero-order chi connectivity index (χ0) is 30.8. The van der Waals surface area contributed by atoms with Crippen LogP contribution < -0.4 is 14.8 Å². The number of carbonyl (C=O) groups is 1. The maximum absolute atomic E-state index is 13.8. The molecule has 0 unspecified atom stereocenters. The lowest BCUT2D eigenvalue weighted by atomic mass is 9.99. The van der Waals surface area contributed by atoms with Crippen LogP contribution in [0, 0.1) is 5.92 Å². The molecule has 14 heteroatoms. The molecular weight excluding hydrogens is 580 g/mol. The zero-order valence-electron chi connectivity index (χ0n) is 24.5. The van der Waals surface area contributed by atoms with Gasteiger partial charge in [0, 0.05) is 43.2 Å². The highest BCUT2D eigenvalue weighted by molar-refractivity contribution is 7.92. The van der Waals surface area contributed by atoms with E-state index >= 15 is 0 Å². The summed E-state index contributed by atoms with van der Waals surface area (Å²) >= 11 is 0. The molecule has 1 saturated heterocycles. The minimum absolute atomic E-state index is 0.0229. The Hall–Kier alpha value is -3.78. The summed E-state index contributed by atoms with van der Waals surface area (Å²) in [5, 5.41) is 0.660. The Bertz CT molecular complexity index is 1830. The van der Waals surface area contributed by atoms with Crippen LogP contribution in [0.3, 0.4) is 0 Å². The number of amides is 1. The third-order valence-electron chi connectivity index (χ3n) is 8.44. The first kappa shape index (κ1) is 29.3. The van der Waals surface area contributed by atoms with E-state index in [0.717, 1.165) is 31.9 Å². The molecular formula is C29H35F2N7O4S. The monoisotopic (exact) mass is 615 g/mol. The van der Waals surface area contributed by atoms with Crippen LogP contribution in [0.5, 0.6) is 5.75 Å². The number of carbonyl (C=O) groups excluding carboxylic acids is 1. The van der Waals surface area contributed by atoms with Gasteiger partial charge >= 0.3 is 6.55 Å². The number of halogens is 2. The van der Waals surface area contributed by atoms with E-state index in [9.17, 15) is 22.0 Å². The number of anilines is 1. The van der Waals surface area contributed by atoms with Crippen molar-refractivity contribution in [2.24, 2.45) is 18.7 Å². The predicted molar refractivity (Wildman–Crippen MR) is 160 cm³/mol. The van der Waals surface area contributed by atoms with Gasteiger partial charge in [0.25, 0.3) is 5.91 Å². The Morgan fingerprint density at radius 3 is 2.56 bits per heavy atom. The van der Waals surface area contributed by atoms with E-state index in [0.29, 0.717) is 63.9 Å². The van der Waals surface area contributed by atoms with E-state index in [1.165, 1.54) is 6.07 Å². The van der Waals surface area contributed by atoms with Crippen molar-refractivity contribution in [3.63, 3.8) is 0 Å². The minimum Gasteiger partial charge on any atom is -0.494 e. The number of alkyl halides is 2. The first-order valence-electron chi connectivity index (χ1n) is 14.3. The van der Waals surface area contributed by atoms with Crippen LogP contribution in [0.1, 0.15) is 43.0 Å². The molecule has 2 aliphatic rings. The van der Waals surface area contributed by atoms with Gasteiger partial charge in [-0.3, -0.25) is 4.79 Å². The molecule has 1 aliphatic carbocycles. The van der Waals surface area contributed by atoms with Gasteiger partial charge in [-0.25, -0.2) is 18.4 Å². The Balaban J connectivity index is 1.49. The normalized spacial score (nSPS) is 19.5. The molecule has 43 heavy (non-hydrogen) atoms. The van der Waals surface area contributed by atoms with Crippen molar-refractivity contribution in [3.8, 4) is 17.3 Å². The number of aromatic nitrogens is 4. The van der Waals surface area contributed by atoms with Gasteiger partial charge in [-0.1, -0.05) is 0 Å². The second kappa shape index (κ2) is 10.7. The number of nitrogens with zero attached hydrogens (tertiary/aromatic N) is 6. The molecule has 2 fully saturated rings. The molecule has 1 saturated carbocycles. The highest BCUT2D eigenvalue weighted by Gasteiger charge is 2.32. The molecule has 1 amide bonds. The number of ether oxygens (including phenoxy) is 1. The molecule has 3 aromatic heterocycles. The van der Waals surface area contributed by atoms with Crippen LogP contribution in [-0.2, 0) is 23.6 Å². The van der Waals surface area contributed by atoms with Crippen molar-refractivity contribution in [1.29, 1.82) is 0 Å². The first-order chi connectivity index (χ1) is 20.4. The predicted octanol–water partition coefficient (Wildman–Crippen LogP) is 3.95. The lowest BCUT2D eigenvalue weighted by molar-refractivity contribution is 0.0612. The Labute approximate surface area is 248 Å². The number of benzene rings is 1. The van der Waals surface area contributed by atoms with Gasteiger partial charge in [-0.15, -0.1) is 0 Å². The summed E-state index contributed by atoms with van der Waals surface area (Å²) in [6.07, 6.45) is 4.47. The van der Waals surface area contributed by atoms with Gasteiger partial charge < -0.3 is 24.5 Å². The fourth-order valence-corrected chi connectivity index (χ4v) is 6.72. The van der Waals surface area contributed by atoms with E-state index in [4.69, 9.17) is 15.5 Å². The molecule has 2 atom stereocenters. The maximum atomic E-state index is 13.8. The fourth-order valence-electron chi connectivity index (χ4n) is 5.99. The van der Waals surface area contributed by atoms with Crippen LogP contribution in [0.15, 0.2) is 30.3 Å². The smallest absolute Gasteiger partial charge is 0.329 e. The van der Waals surface area contributed by atoms with E-state index in [2.05, 4.69) is 4.98 Å². The highest BCUT2D eigenvalue weighted by Crippen LogP contribution is 2.38. The number of rotatable bonds is 8. The number of hydrogen-bond acceptors (Lipinski definition) is 7. The minimum atomic E-state index is -4.27. The average Bonchev–Trinajstić information content (AvgIpc) is 3.62. The molecule has 1 aliphatic heterocycles. The molecule has 0 spiro atoms. The van der Waals surface area contributed by atoms with Crippen LogP contribution in [-0.4, -0.2) is 76.9 Å². The number of hydrogen-bond donors (Lipinski definition) is 1. The lowest BCUT2D eigenvalue weighted by Crippen LogP contribution is -2.50. The number of sulfonamides is 1. The summed E-state index contributed by atoms with van der Waals surface area (Å²) < 4.78 is 61.5. The summed E-state index contributed by atoms with van der Waals surface area (Å²) in [6.45, 7) is -0.210. The van der Waals surface area contributed by atoms with Crippen LogP contribution >= 0.6 is 0 Å². The van der Waals surface area contributed by atoms with Crippen LogP contribution in [0.4, 0.5) is 14.6 Å². The third-order valence-corrected chi connectivity index (χ3v) is 9.50. The van der Waals surface area contributed by atoms with Gasteiger partial charge in [0.15, 0.2) is 5.82 Å². The number of pyridine rings is 1. The van der Waals surface area contributed by atoms with Gasteiger partial charge in [0.05, 0.1) is 24.6 Å². The number of nitrogens with two attached hydrogens (primary N) is 1. The van der Waals surface area contributed by atoms with Crippen molar-refractivity contribution in [2.45, 2.75) is 57.8 Å². The van der Waals surface area contributed by atoms with Crippen molar-refractivity contribution in [1.82, 2.24) is 24.0 Å². The maximum Gasteiger partial charge on any atom is 0.329 e. The third kappa shape index (κ3) is 5.30. The average molecular weight is 616 g/mol. The standard InChI is InChI=1S/C29H35F2N7O4S/c1-16-5-9-20(32)15-36(16)28(39)19-11-21-25(23(13-19)42-3)35(2)27(33-21)22-12-18-8-10-24(38(29(30)31)43(4,40)41)34-26(18)37(22)14-17-6-7-17/h8,10-13,16-17,20,29H,5-7,9,14-15,32H2,1-4H3/t16-,20+/m0/s1. The topological polar surface area (TPSA) is 129 Å². The summed E-state index contributed by atoms with van der Waals surface area (Å²) in [4.78, 5) is 24.8. The summed E-state index contributed by atoms with van der Waals surface area (Å²) in [5.41, 5.74) is 8.96. The molecule has 11 nitrogen and oxygen atoms in total. The number of aryl methyl sites for hydroxylation is 1.